The summed E-state index contributed by atoms with van der Waals surface area (Å²) in [6.45, 7) is 4.05. The van der Waals surface area contributed by atoms with Gasteiger partial charge in [-0.2, -0.15) is 0 Å². The zero-order chi connectivity index (χ0) is 19.3. The van der Waals surface area contributed by atoms with Gasteiger partial charge in [0.25, 0.3) is 0 Å². The molecule has 148 valence electrons. The standard InChI is InChI=1S/C23H30N4O/c1-25(19-10-3-2-4-11-19)22-14-6-5-13-21(22)24-23(28)27-17-9-12-20(18-27)26-15-7-8-16-26/h2-6,10-11,13-14,20H,7-9,12,15-18H2,1H3,(H,24,28). The molecule has 5 heteroatoms. The number of likely N-dealkylation sites (tertiary alicyclic amines) is 2. The maximum atomic E-state index is 13.0. The van der Waals surface area contributed by atoms with Gasteiger partial charge in [-0.05, 0) is 63.0 Å². The first kappa shape index (κ1) is 18.8. The molecule has 28 heavy (non-hydrogen) atoms. The summed E-state index contributed by atoms with van der Waals surface area (Å²) in [5, 5.41) is 3.17. The fraction of sp³-hybridized carbons (Fsp3) is 0.435. The number of rotatable bonds is 4. The smallest absolute Gasteiger partial charge is 0.321 e. The molecule has 0 spiro atoms. The number of amides is 2. The molecule has 2 aromatic carbocycles. The van der Waals surface area contributed by atoms with Gasteiger partial charge < -0.3 is 15.1 Å². The van der Waals surface area contributed by atoms with E-state index in [0.717, 1.165) is 36.6 Å². The molecule has 0 aliphatic carbocycles. The summed E-state index contributed by atoms with van der Waals surface area (Å²) in [7, 11) is 2.03. The van der Waals surface area contributed by atoms with Crippen molar-refractivity contribution in [3.05, 3.63) is 54.6 Å². The average molecular weight is 379 g/mol. The van der Waals surface area contributed by atoms with E-state index in [4.69, 9.17) is 0 Å². The highest BCUT2D eigenvalue weighted by Crippen LogP contribution is 2.31. The minimum absolute atomic E-state index is 0.0119. The van der Waals surface area contributed by atoms with Crippen molar-refractivity contribution in [3.8, 4) is 0 Å². The molecule has 2 heterocycles. The number of carbonyl (C=O) groups is 1. The Morgan fingerprint density at radius 2 is 1.68 bits per heavy atom. The Morgan fingerprint density at radius 1 is 0.964 bits per heavy atom. The molecule has 0 radical (unpaired) electrons. The van der Waals surface area contributed by atoms with Crippen molar-refractivity contribution in [1.82, 2.24) is 9.80 Å². The fourth-order valence-electron chi connectivity index (χ4n) is 4.40. The third-order valence-corrected chi connectivity index (χ3v) is 5.99. The van der Waals surface area contributed by atoms with Crippen LogP contribution in [0.5, 0.6) is 0 Å². The molecular weight excluding hydrogens is 348 g/mol. The molecule has 1 unspecified atom stereocenters. The SMILES string of the molecule is CN(c1ccccc1)c1ccccc1NC(=O)N1CCCC(N2CCCC2)C1. The quantitative estimate of drug-likeness (QED) is 0.848. The van der Waals surface area contributed by atoms with Crippen molar-refractivity contribution < 1.29 is 4.79 Å². The van der Waals surface area contributed by atoms with E-state index in [1.165, 1.54) is 32.4 Å². The molecule has 4 rings (SSSR count). The van der Waals surface area contributed by atoms with Crippen LogP contribution in [0.15, 0.2) is 54.6 Å². The third kappa shape index (κ3) is 4.14. The van der Waals surface area contributed by atoms with Crippen LogP contribution in [0, 0.1) is 0 Å². The van der Waals surface area contributed by atoms with Crippen LogP contribution in [0.25, 0.3) is 0 Å². The zero-order valence-corrected chi connectivity index (χ0v) is 16.7. The molecule has 2 aliphatic heterocycles. The van der Waals surface area contributed by atoms with E-state index >= 15 is 0 Å². The van der Waals surface area contributed by atoms with Gasteiger partial charge in [-0.1, -0.05) is 30.3 Å². The van der Waals surface area contributed by atoms with Crippen LogP contribution in [0.4, 0.5) is 21.9 Å². The first-order valence-corrected chi connectivity index (χ1v) is 10.4. The third-order valence-electron chi connectivity index (χ3n) is 5.99. The molecule has 2 amide bonds. The summed E-state index contributed by atoms with van der Waals surface area (Å²) in [5.41, 5.74) is 2.94. The Bertz CT molecular complexity index is 788. The molecular formula is C23H30N4O. The number of hydrogen-bond donors (Lipinski definition) is 1. The van der Waals surface area contributed by atoms with Gasteiger partial charge in [0.1, 0.15) is 0 Å². The summed E-state index contributed by atoms with van der Waals surface area (Å²) in [6.07, 6.45) is 4.88. The van der Waals surface area contributed by atoms with Crippen molar-refractivity contribution in [1.29, 1.82) is 0 Å². The number of piperidine rings is 1. The van der Waals surface area contributed by atoms with E-state index < -0.39 is 0 Å². The maximum Gasteiger partial charge on any atom is 0.321 e. The lowest BCUT2D eigenvalue weighted by Crippen LogP contribution is -2.50. The van der Waals surface area contributed by atoms with Crippen LogP contribution < -0.4 is 10.2 Å². The molecule has 0 bridgehead atoms. The van der Waals surface area contributed by atoms with Crippen LogP contribution in [0.2, 0.25) is 0 Å². The molecule has 2 saturated heterocycles. The zero-order valence-electron chi connectivity index (χ0n) is 16.7. The van der Waals surface area contributed by atoms with Crippen LogP contribution in [-0.4, -0.2) is 55.1 Å². The topological polar surface area (TPSA) is 38.8 Å². The van der Waals surface area contributed by atoms with Crippen LogP contribution >= 0.6 is 0 Å². The van der Waals surface area contributed by atoms with E-state index in [0.29, 0.717) is 6.04 Å². The van der Waals surface area contributed by atoms with Crippen molar-refractivity contribution in [3.63, 3.8) is 0 Å². The Kier molecular flexibility index (Phi) is 5.81. The Balaban J connectivity index is 1.46. The van der Waals surface area contributed by atoms with Gasteiger partial charge in [-0.25, -0.2) is 4.79 Å². The van der Waals surface area contributed by atoms with E-state index in [1.807, 2.05) is 54.4 Å². The number of urea groups is 1. The Hall–Kier alpha value is -2.53. The monoisotopic (exact) mass is 378 g/mol. The number of benzene rings is 2. The second-order valence-electron chi connectivity index (χ2n) is 7.83. The number of nitrogens with zero attached hydrogens (tertiary/aromatic N) is 3. The Morgan fingerprint density at radius 3 is 2.46 bits per heavy atom. The van der Waals surface area contributed by atoms with Crippen molar-refractivity contribution in [2.24, 2.45) is 0 Å². The highest BCUT2D eigenvalue weighted by atomic mass is 16.2. The van der Waals surface area contributed by atoms with Gasteiger partial charge in [0, 0.05) is 31.9 Å². The molecule has 1 N–H and O–H groups in total. The van der Waals surface area contributed by atoms with Crippen LogP contribution in [0.1, 0.15) is 25.7 Å². The number of anilines is 3. The summed E-state index contributed by atoms with van der Waals surface area (Å²) >= 11 is 0. The minimum Gasteiger partial charge on any atom is -0.343 e. The second kappa shape index (κ2) is 8.65. The highest BCUT2D eigenvalue weighted by molar-refractivity contribution is 5.94. The van der Waals surface area contributed by atoms with E-state index in [1.54, 1.807) is 0 Å². The molecule has 2 aliphatic rings. The lowest BCUT2D eigenvalue weighted by atomic mass is 10.0. The molecule has 2 fully saturated rings. The van der Waals surface area contributed by atoms with Crippen LogP contribution in [-0.2, 0) is 0 Å². The average Bonchev–Trinajstić information content (AvgIpc) is 3.29. The first-order chi connectivity index (χ1) is 13.7. The van der Waals surface area contributed by atoms with Crippen molar-refractivity contribution in [2.75, 3.05) is 43.4 Å². The van der Waals surface area contributed by atoms with Gasteiger partial charge in [0.2, 0.25) is 0 Å². The lowest BCUT2D eigenvalue weighted by molar-refractivity contribution is 0.132. The van der Waals surface area contributed by atoms with Crippen molar-refractivity contribution in [2.45, 2.75) is 31.7 Å². The molecule has 0 aromatic heterocycles. The lowest BCUT2D eigenvalue weighted by Gasteiger charge is -2.37. The fourth-order valence-corrected chi connectivity index (χ4v) is 4.40. The predicted molar refractivity (Wildman–Crippen MR) is 115 cm³/mol. The number of nitrogens with one attached hydrogen (secondary N) is 1. The molecule has 1 atom stereocenters. The van der Waals surface area contributed by atoms with Gasteiger partial charge in [0.15, 0.2) is 0 Å². The first-order valence-electron chi connectivity index (χ1n) is 10.4. The second-order valence-corrected chi connectivity index (χ2v) is 7.83. The number of para-hydroxylation sites is 3. The highest BCUT2D eigenvalue weighted by Gasteiger charge is 2.29. The molecule has 0 saturated carbocycles. The number of carbonyl (C=O) groups excluding carboxylic acids is 1. The molecule has 2 aromatic rings. The Labute approximate surface area is 167 Å². The van der Waals surface area contributed by atoms with Gasteiger partial charge in [0.05, 0.1) is 11.4 Å². The summed E-state index contributed by atoms with van der Waals surface area (Å²) in [4.78, 5) is 19.7. The van der Waals surface area contributed by atoms with E-state index in [-0.39, 0.29) is 6.03 Å². The maximum absolute atomic E-state index is 13.0. The number of hydrogen-bond acceptors (Lipinski definition) is 3. The van der Waals surface area contributed by atoms with Gasteiger partial charge >= 0.3 is 6.03 Å². The van der Waals surface area contributed by atoms with Gasteiger partial charge in [-0.3, -0.25) is 4.90 Å². The largest absolute Gasteiger partial charge is 0.343 e. The van der Waals surface area contributed by atoms with Gasteiger partial charge in [-0.15, -0.1) is 0 Å². The minimum atomic E-state index is 0.0119. The summed E-state index contributed by atoms with van der Waals surface area (Å²) in [6, 6.07) is 18.8. The van der Waals surface area contributed by atoms with E-state index in [9.17, 15) is 4.79 Å². The predicted octanol–water partition coefficient (Wildman–Crippen LogP) is 4.55. The van der Waals surface area contributed by atoms with Crippen molar-refractivity contribution >= 4 is 23.1 Å². The van der Waals surface area contributed by atoms with Crippen LogP contribution in [0.3, 0.4) is 0 Å². The van der Waals surface area contributed by atoms with E-state index in [2.05, 4.69) is 27.2 Å². The normalized spacial score (nSPS) is 20.2. The molecule has 5 nitrogen and oxygen atoms in total. The summed E-state index contributed by atoms with van der Waals surface area (Å²) < 4.78 is 0. The summed E-state index contributed by atoms with van der Waals surface area (Å²) in [5.74, 6) is 0.